The van der Waals surface area contributed by atoms with Gasteiger partial charge in [-0.15, -0.1) is 0 Å². The Bertz CT molecular complexity index is 1110. The van der Waals surface area contributed by atoms with Gasteiger partial charge in [-0.25, -0.2) is 4.79 Å². The second-order valence-corrected chi connectivity index (χ2v) is 8.31. The van der Waals surface area contributed by atoms with Gasteiger partial charge in [0, 0.05) is 5.39 Å². The van der Waals surface area contributed by atoms with Gasteiger partial charge in [0.1, 0.15) is 24.2 Å². The average Bonchev–Trinajstić information content (AvgIpc) is 3.46. The summed E-state index contributed by atoms with van der Waals surface area (Å²) in [6.45, 7) is 0.598. The molecule has 1 aliphatic heterocycles. The van der Waals surface area contributed by atoms with Crippen molar-refractivity contribution in [3.63, 3.8) is 0 Å². The van der Waals surface area contributed by atoms with E-state index in [-0.39, 0.29) is 29.2 Å². The van der Waals surface area contributed by atoms with Crippen LogP contribution in [0.3, 0.4) is 0 Å². The maximum absolute atomic E-state index is 13.4. The third-order valence-corrected chi connectivity index (χ3v) is 5.27. The molecule has 0 aromatic heterocycles. The first-order chi connectivity index (χ1) is 14.6. The molecule has 1 aliphatic rings. The molecule has 0 amide bonds. The van der Waals surface area contributed by atoms with Gasteiger partial charge in [0.15, 0.2) is 0 Å². The zero-order valence-electron chi connectivity index (χ0n) is 15.7. The molecule has 0 spiro atoms. The van der Waals surface area contributed by atoms with Crippen LogP contribution in [0.1, 0.15) is 10.4 Å². The van der Waals surface area contributed by atoms with Crippen LogP contribution in [0.25, 0.3) is 10.8 Å². The molecule has 176 valence electrons. The van der Waals surface area contributed by atoms with Gasteiger partial charge in [0.05, 0.1) is 12.2 Å². The summed E-state index contributed by atoms with van der Waals surface area (Å²) < 4.78 is 126. The average molecular weight is 488 g/mol. The van der Waals surface area contributed by atoms with Crippen LogP contribution in [-0.4, -0.2) is 62.0 Å². The number of benzene rings is 2. The van der Waals surface area contributed by atoms with Gasteiger partial charge < -0.3 is 14.2 Å². The van der Waals surface area contributed by atoms with Crippen molar-refractivity contribution in [3.8, 4) is 5.75 Å². The van der Waals surface area contributed by atoms with E-state index in [1.807, 2.05) is 0 Å². The summed E-state index contributed by atoms with van der Waals surface area (Å²) in [5, 5.41) is 0.0822. The number of fused-ring (bicyclic) bond motifs is 1. The quantitative estimate of drug-likeness (QED) is 0.275. The molecule has 2 aromatic carbocycles. The standard InChI is InChI=1S/C18H14F6O7S/c19-17(20,21)16(18(22,23)24,9-32(26,27)28)31-15(25)13-5-1-4-12-11(13)3-2-6-14(12)30-8-10-7-29-10/h1-6,10H,7-9H2,(H,26,27,28). The fourth-order valence-corrected chi connectivity index (χ4v) is 3.77. The highest BCUT2D eigenvalue weighted by atomic mass is 32.2. The smallest absolute Gasteiger partial charge is 0.438 e. The number of alkyl halides is 6. The Kier molecular flexibility index (Phi) is 6.08. The molecule has 0 radical (unpaired) electrons. The van der Waals surface area contributed by atoms with Crippen molar-refractivity contribution in [2.75, 3.05) is 19.0 Å². The monoisotopic (exact) mass is 488 g/mol. The van der Waals surface area contributed by atoms with E-state index in [1.165, 1.54) is 30.3 Å². The molecular weight excluding hydrogens is 474 g/mol. The molecular formula is C18H14F6O7S. The van der Waals surface area contributed by atoms with Crippen molar-refractivity contribution in [1.82, 2.24) is 0 Å². The van der Waals surface area contributed by atoms with Crippen LogP contribution in [0.15, 0.2) is 36.4 Å². The fraction of sp³-hybridized carbons (Fsp3) is 0.389. The van der Waals surface area contributed by atoms with E-state index < -0.39 is 45.4 Å². The first kappa shape index (κ1) is 24.1. The Hall–Kier alpha value is -2.58. The molecule has 1 N–H and O–H groups in total. The predicted octanol–water partition coefficient (Wildman–Crippen LogP) is 3.53. The largest absolute Gasteiger partial charge is 0.490 e. The van der Waals surface area contributed by atoms with Crippen LogP contribution >= 0.6 is 0 Å². The van der Waals surface area contributed by atoms with Crippen LogP contribution < -0.4 is 4.74 Å². The summed E-state index contributed by atoms with van der Waals surface area (Å²) in [7, 11) is -5.88. The zero-order valence-corrected chi connectivity index (χ0v) is 16.6. The van der Waals surface area contributed by atoms with Gasteiger partial charge in [-0.3, -0.25) is 4.55 Å². The molecule has 32 heavy (non-hydrogen) atoms. The van der Waals surface area contributed by atoms with Gasteiger partial charge >= 0.3 is 23.9 Å². The van der Waals surface area contributed by atoms with Crippen LogP contribution in [0.2, 0.25) is 0 Å². The maximum Gasteiger partial charge on any atom is 0.438 e. The SMILES string of the molecule is O=C(OC(CS(=O)(=O)O)(C(F)(F)F)C(F)(F)F)c1cccc2c(OCC3CO3)cccc12. The third-order valence-electron chi connectivity index (χ3n) is 4.50. The molecule has 1 heterocycles. The number of epoxide rings is 1. The van der Waals surface area contributed by atoms with Gasteiger partial charge in [0.25, 0.3) is 10.1 Å². The zero-order chi connectivity index (χ0) is 23.9. The highest BCUT2D eigenvalue weighted by Gasteiger charge is 2.76. The van der Waals surface area contributed by atoms with E-state index in [0.29, 0.717) is 6.61 Å². The minimum absolute atomic E-state index is 0.100. The molecule has 0 bridgehead atoms. The van der Waals surface area contributed by atoms with Crippen molar-refractivity contribution in [3.05, 3.63) is 42.0 Å². The lowest BCUT2D eigenvalue weighted by Crippen LogP contribution is -2.63. The van der Waals surface area contributed by atoms with Crippen LogP contribution in [0.5, 0.6) is 5.75 Å². The summed E-state index contributed by atoms with van der Waals surface area (Å²) in [4.78, 5) is 12.5. The minimum Gasteiger partial charge on any atom is -0.490 e. The molecule has 1 fully saturated rings. The number of rotatable bonds is 7. The number of carbonyl (C=O) groups excluding carboxylic acids is 1. The van der Waals surface area contributed by atoms with Crippen molar-refractivity contribution < 1.29 is 58.3 Å². The molecule has 0 aliphatic carbocycles. The number of ether oxygens (including phenoxy) is 3. The normalized spacial score (nSPS) is 17.3. The molecule has 7 nitrogen and oxygen atoms in total. The van der Waals surface area contributed by atoms with E-state index in [9.17, 15) is 39.6 Å². The van der Waals surface area contributed by atoms with E-state index in [1.54, 1.807) is 0 Å². The summed E-state index contributed by atoms with van der Waals surface area (Å²) in [6.07, 6.45) is -13.0. The number of hydrogen-bond acceptors (Lipinski definition) is 6. The predicted molar refractivity (Wildman–Crippen MR) is 95.9 cm³/mol. The number of carbonyl (C=O) groups is 1. The minimum atomic E-state index is -6.42. The number of halogens is 6. The molecule has 1 saturated heterocycles. The van der Waals surface area contributed by atoms with Gasteiger partial charge in [-0.1, -0.05) is 24.3 Å². The van der Waals surface area contributed by atoms with Gasteiger partial charge in [-0.05, 0) is 17.5 Å². The Balaban J connectivity index is 2.05. The molecule has 1 unspecified atom stereocenters. The van der Waals surface area contributed by atoms with Crippen LogP contribution in [-0.2, 0) is 19.6 Å². The summed E-state index contributed by atoms with van der Waals surface area (Å²) in [5.74, 6) is -4.88. The van der Waals surface area contributed by atoms with Crippen LogP contribution in [0.4, 0.5) is 26.3 Å². The van der Waals surface area contributed by atoms with E-state index >= 15 is 0 Å². The number of esters is 1. The van der Waals surface area contributed by atoms with E-state index in [2.05, 4.69) is 4.74 Å². The molecule has 3 rings (SSSR count). The Morgan fingerprint density at radius 1 is 1.03 bits per heavy atom. The van der Waals surface area contributed by atoms with Crippen molar-refractivity contribution in [2.45, 2.75) is 24.1 Å². The van der Waals surface area contributed by atoms with E-state index in [0.717, 1.165) is 6.07 Å². The summed E-state index contributed by atoms with van der Waals surface area (Å²) in [6, 6.07) is 7.54. The van der Waals surface area contributed by atoms with Crippen molar-refractivity contribution in [2.24, 2.45) is 0 Å². The molecule has 14 heteroatoms. The first-order valence-electron chi connectivity index (χ1n) is 8.73. The Morgan fingerprint density at radius 3 is 2.12 bits per heavy atom. The Labute approximate surface area is 176 Å². The first-order valence-corrected chi connectivity index (χ1v) is 10.3. The lowest BCUT2D eigenvalue weighted by molar-refractivity contribution is -0.356. The summed E-state index contributed by atoms with van der Waals surface area (Å²) >= 11 is 0. The topological polar surface area (TPSA) is 102 Å². The molecule has 2 aromatic rings. The molecule has 0 saturated carbocycles. The van der Waals surface area contributed by atoms with Crippen molar-refractivity contribution in [1.29, 1.82) is 0 Å². The maximum atomic E-state index is 13.4. The fourth-order valence-electron chi connectivity index (χ4n) is 2.87. The van der Waals surface area contributed by atoms with Crippen molar-refractivity contribution >= 4 is 26.9 Å². The van der Waals surface area contributed by atoms with E-state index in [4.69, 9.17) is 14.0 Å². The lowest BCUT2D eigenvalue weighted by atomic mass is 10.0. The van der Waals surface area contributed by atoms with Gasteiger partial charge in [-0.2, -0.15) is 34.8 Å². The lowest BCUT2D eigenvalue weighted by Gasteiger charge is -2.35. The van der Waals surface area contributed by atoms with Gasteiger partial charge in [0.2, 0.25) is 0 Å². The Morgan fingerprint density at radius 2 is 1.59 bits per heavy atom. The number of hydrogen-bond donors (Lipinski definition) is 1. The highest BCUT2D eigenvalue weighted by molar-refractivity contribution is 7.85. The highest BCUT2D eigenvalue weighted by Crippen LogP contribution is 2.47. The second-order valence-electron chi connectivity index (χ2n) is 6.86. The third kappa shape index (κ3) is 4.91. The molecule has 1 atom stereocenters. The second kappa shape index (κ2) is 8.08. The summed E-state index contributed by atoms with van der Waals surface area (Å²) in [5.41, 5.74) is -6.20. The van der Waals surface area contributed by atoms with Crippen LogP contribution in [0, 0.1) is 0 Å².